The molecular formula is C16H14ClN3O. The largest absolute Gasteiger partial charge is 0.292 e. The molecule has 0 saturated heterocycles. The Morgan fingerprint density at radius 1 is 1.14 bits per heavy atom. The van der Waals surface area contributed by atoms with Crippen molar-refractivity contribution >= 4 is 28.4 Å². The Morgan fingerprint density at radius 3 is 2.52 bits per heavy atom. The maximum atomic E-state index is 12.3. The number of nitrogens with zero attached hydrogens (tertiary/aromatic N) is 3. The van der Waals surface area contributed by atoms with Crippen LogP contribution < -0.4 is 0 Å². The van der Waals surface area contributed by atoms with Crippen LogP contribution in [0.25, 0.3) is 11.0 Å². The predicted molar refractivity (Wildman–Crippen MR) is 82.8 cm³/mol. The van der Waals surface area contributed by atoms with Crippen LogP contribution in [0.4, 0.5) is 0 Å². The van der Waals surface area contributed by atoms with Gasteiger partial charge in [0.2, 0.25) is 0 Å². The Balaban J connectivity index is 1.93. The maximum absolute atomic E-state index is 12.3. The van der Waals surface area contributed by atoms with Gasteiger partial charge in [-0.05, 0) is 61.4 Å². The van der Waals surface area contributed by atoms with Crippen molar-refractivity contribution in [3.05, 3.63) is 58.1 Å². The summed E-state index contributed by atoms with van der Waals surface area (Å²) in [6.07, 6.45) is 0. The van der Waals surface area contributed by atoms with E-state index in [0.717, 1.165) is 16.6 Å². The number of hydrogen-bond acceptors (Lipinski definition) is 3. The molecule has 1 heterocycles. The Kier molecular flexibility index (Phi) is 3.47. The van der Waals surface area contributed by atoms with E-state index < -0.39 is 0 Å². The molecule has 0 aliphatic carbocycles. The number of carbonyl (C=O) groups excluding carboxylic acids is 1. The van der Waals surface area contributed by atoms with E-state index in [1.54, 1.807) is 28.9 Å². The molecule has 0 amide bonds. The number of aryl methyl sites for hydroxylation is 2. The van der Waals surface area contributed by atoms with Crippen LogP contribution in [0.5, 0.6) is 0 Å². The van der Waals surface area contributed by atoms with Crippen LogP contribution in [0, 0.1) is 13.8 Å². The number of carbonyl (C=O) groups is 1. The molecule has 0 unspecified atom stereocenters. The van der Waals surface area contributed by atoms with Gasteiger partial charge in [-0.2, -0.15) is 0 Å². The minimum absolute atomic E-state index is 0.0169. The number of hydrogen-bond donors (Lipinski definition) is 0. The topological polar surface area (TPSA) is 47.8 Å². The molecule has 0 spiro atoms. The van der Waals surface area contributed by atoms with E-state index in [4.69, 9.17) is 11.6 Å². The zero-order valence-corrected chi connectivity index (χ0v) is 12.6. The van der Waals surface area contributed by atoms with E-state index in [1.807, 2.05) is 26.0 Å². The van der Waals surface area contributed by atoms with Crippen molar-refractivity contribution < 1.29 is 4.79 Å². The third-order valence-electron chi connectivity index (χ3n) is 3.59. The summed E-state index contributed by atoms with van der Waals surface area (Å²) < 4.78 is 1.64. The molecule has 0 atom stereocenters. The number of ketones is 1. The van der Waals surface area contributed by atoms with Gasteiger partial charge >= 0.3 is 0 Å². The average Bonchev–Trinajstić information content (AvgIpc) is 2.82. The van der Waals surface area contributed by atoms with Crippen molar-refractivity contribution in [2.45, 2.75) is 20.4 Å². The monoisotopic (exact) mass is 299 g/mol. The minimum Gasteiger partial charge on any atom is -0.292 e. The molecule has 21 heavy (non-hydrogen) atoms. The second-order valence-electron chi connectivity index (χ2n) is 5.10. The summed E-state index contributed by atoms with van der Waals surface area (Å²) in [7, 11) is 0. The number of rotatable bonds is 3. The molecular weight excluding hydrogens is 286 g/mol. The number of benzene rings is 2. The Hall–Kier alpha value is -2.20. The summed E-state index contributed by atoms with van der Waals surface area (Å²) in [4.78, 5) is 12.3. The molecule has 0 bridgehead atoms. The van der Waals surface area contributed by atoms with E-state index in [2.05, 4.69) is 10.3 Å². The Bertz CT molecular complexity index is 821. The quantitative estimate of drug-likeness (QED) is 0.694. The molecule has 1 aromatic heterocycles. The fourth-order valence-corrected chi connectivity index (χ4v) is 2.33. The minimum atomic E-state index is -0.0169. The van der Waals surface area contributed by atoms with Crippen LogP contribution in [-0.2, 0) is 6.54 Å². The van der Waals surface area contributed by atoms with Crippen molar-refractivity contribution in [2.75, 3.05) is 0 Å². The van der Waals surface area contributed by atoms with Crippen molar-refractivity contribution in [1.82, 2.24) is 15.0 Å². The van der Waals surface area contributed by atoms with E-state index in [1.165, 1.54) is 5.56 Å². The van der Waals surface area contributed by atoms with Crippen LogP contribution >= 0.6 is 11.6 Å². The van der Waals surface area contributed by atoms with Crippen molar-refractivity contribution in [2.24, 2.45) is 0 Å². The highest BCUT2D eigenvalue weighted by Crippen LogP contribution is 2.18. The van der Waals surface area contributed by atoms with E-state index in [0.29, 0.717) is 10.6 Å². The molecule has 0 saturated carbocycles. The average molecular weight is 300 g/mol. The van der Waals surface area contributed by atoms with Crippen LogP contribution in [0.1, 0.15) is 21.5 Å². The molecule has 0 aliphatic heterocycles. The first-order valence-electron chi connectivity index (χ1n) is 6.64. The summed E-state index contributed by atoms with van der Waals surface area (Å²) in [5.74, 6) is -0.0169. The fraction of sp³-hybridized carbons (Fsp3) is 0.188. The lowest BCUT2D eigenvalue weighted by molar-refractivity contribution is 0.0968. The molecule has 3 rings (SSSR count). The SMILES string of the molecule is Cc1cc2nnn(CC(=O)c3ccc(Cl)cc3)c2cc1C. The Morgan fingerprint density at radius 2 is 1.81 bits per heavy atom. The van der Waals surface area contributed by atoms with E-state index >= 15 is 0 Å². The second-order valence-corrected chi connectivity index (χ2v) is 5.54. The van der Waals surface area contributed by atoms with E-state index in [9.17, 15) is 4.79 Å². The number of aromatic nitrogens is 3. The highest BCUT2D eigenvalue weighted by Gasteiger charge is 2.12. The normalized spacial score (nSPS) is 11.0. The van der Waals surface area contributed by atoms with Gasteiger partial charge in [-0.25, -0.2) is 4.68 Å². The zero-order valence-electron chi connectivity index (χ0n) is 11.8. The summed E-state index contributed by atoms with van der Waals surface area (Å²) >= 11 is 5.83. The maximum Gasteiger partial charge on any atom is 0.184 e. The summed E-state index contributed by atoms with van der Waals surface area (Å²) in [5, 5.41) is 8.82. The molecule has 0 aliphatic rings. The van der Waals surface area contributed by atoms with Gasteiger partial charge < -0.3 is 0 Å². The third-order valence-corrected chi connectivity index (χ3v) is 3.84. The van der Waals surface area contributed by atoms with Gasteiger partial charge in [-0.3, -0.25) is 4.79 Å². The fourth-order valence-electron chi connectivity index (χ4n) is 2.20. The molecule has 5 heteroatoms. The lowest BCUT2D eigenvalue weighted by atomic mass is 10.1. The second kappa shape index (κ2) is 5.30. The zero-order chi connectivity index (χ0) is 15.0. The number of Topliss-reactive ketones (excluding diaryl/α,β-unsaturated/α-hetero) is 1. The Labute approximate surface area is 127 Å². The standard InChI is InChI=1S/C16H14ClN3O/c1-10-7-14-15(8-11(10)2)20(19-18-14)9-16(21)12-3-5-13(17)6-4-12/h3-8H,9H2,1-2H3. The first-order chi connectivity index (χ1) is 10.0. The highest BCUT2D eigenvalue weighted by molar-refractivity contribution is 6.30. The number of fused-ring (bicyclic) bond motifs is 1. The molecule has 106 valence electrons. The molecule has 3 aromatic rings. The van der Waals surface area contributed by atoms with Gasteiger partial charge in [-0.1, -0.05) is 16.8 Å². The molecule has 2 aromatic carbocycles. The smallest absolute Gasteiger partial charge is 0.184 e. The first kappa shape index (κ1) is 13.8. The third kappa shape index (κ3) is 2.67. The van der Waals surface area contributed by atoms with Gasteiger partial charge in [0.1, 0.15) is 12.1 Å². The molecule has 0 N–H and O–H groups in total. The van der Waals surface area contributed by atoms with Gasteiger partial charge in [0.05, 0.1) is 5.52 Å². The lowest BCUT2D eigenvalue weighted by Gasteiger charge is -2.04. The van der Waals surface area contributed by atoms with Crippen molar-refractivity contribution in [3.8, 4) is 0 Å². The van der Waals surface area contributed by atoms with Crippen molar-refractivity contribution in [3.63, 3.8) is 0 Å². The van der Waals surface area contributed by atoms with Gasteiger partial charge in [-0.15, -0.1) is 5.10 Å². The first-order valence-corrected chi connectivity index (χ1v) is 7.01. The van der Waals surface area contributed by atoms with Gasteiger partial charge in [0.25, 0.3) is 0 Å². The van der Waals surface area contributed by atoms with Crippen LogP contribution in [0.3, 0.4) is 0 Å². The summed E-state index contributed by atoms with van der Waals surface area (Å²) in [6, 6.07) is 10.9. The summed E-state index contributed by atoms with van der Waals surface area (Å²) in [6.45, 7) is 4.24. The van der Waals surface area contributed by atoms with Gasteiger partial charge in [0.15, 0.2) is 5.78 Å². The lowest BCUT2D eigenvalue weighted by Crippen LogP contribution is -2.11. The predicted octanol–water partition coefficient (Wildman–Crippen LogP) is 3.58. The van der Waals surface area contributed by atoms with Crippen LogP contribution in [0.2, 0.25) is 5.02 Å². The van der Waals surface area contributed by atoms with Crippen LogP contribution in [-0.4, -0.2) is 20.8 Å². The molecule has 4 nitrogen and oxygen atoms in total. The van der Waals surface area contributed by atoms with E-state index in [-0.39, 0.29) is 12.3 Å². The molecule has 0 fully saturated rings. The number of halogens is 1. The molecule has 0 radical (unpaired) electrons. The highest BCUT2D eigenvalue weighted by atomic mass is 35.5. The van der Waals surface area contributed by atoms with Gasteiger partial charge in [0, 0.05) is 10.6 Å². The van der Waals surface area contributed by atoms with Crippen LogP contribution in [0.15, 0.2) is 36.4 Å². The summed E-state index contributed by atoms with van der Waals surface area (Å²) in [5.41, 5.74) is 4.62. The van der Waals surface area contributed by atoms with Crippen molar-refractivity contribution in [1.29, 1.82) is 0 Å².